The Kier molecular flexibility index (Phi) is 5.44. The van der Waals surface area contributed by atoms with E-state index in [9.17, 15) is 4.79 Å². The zero-order chi connectivity index (χ0) is 15.2. The molecule has 0 saturated heterocycles. The van der Waals surface area contributed by atoms with E-state index in [0.29, 0.717) is 26.1 Å². The summed E-state index contributed by atoms with van der Waals surface area (Å²) in [6.45, 7) is 3.59. The Bertz CT molecular complexity index is 474. The third kappa shape index (κ3) is 4.11. The van der Waals surface area contributed by atoms with E-state index in [0.717, 1.165) is 17.9 Å². The van der Waals surface area contributed by atoms with Gasteiger partial charge >= 0.3 is 0 Å². The van der Waals surface area contributed by atoms with Crippen LogP contribution in [0.2, 0.25) is 0 Å². The molecule has 2 N–H and O–H groups in total. The molecule has 0 bridgehead atoms. The predicted octanol–water partition coefficient (Wildman–Crippen LogP) is 1.66. The minimum atomic E-state index is -0.133. The lowest BCUT2D eigenvalue weighted by atomic mass is 10.0. The first-order valence-electron chi connectivity index (χ1n) is 7.46. The molecule has 116 valence electrons. The van der Waals surface area contributed by atoms with Crippen LogP contribution < -0.4 is 15.2 Å². The number of nitrogens with two attached hydrogens (primary N) is 1. The summed E-state index contributed by atoms with van der Waals surface area (Å²) < 4.78 is 11.5. The van der Waals surface area contributed by atoms with Crippen LogP contribution in [0, 0.1) is 5.92 Å². The molecule has 1 amide bonds. The molecule has 0 fully saturated rings. The zero-order valence-corrected chi connectivity index (χ0v) is 12.7. The van der Waals surface area contributed by atoms with Crippen molar-refractivity contribution in [2.24, 2.45) is 11.7 Å². The lowest BCUT2D eigenvalue weighted by molar-refractivity contribution is -0.132. The number of nitrogens with zero attached hydrogens (tertiary/aromatic N) is 1. The van der Waals surface area contributed by atoms with Crippen LogP contribution in [0.1, 0.15) is 19.8 Å². The van der Waals surface area contributed by atoms with Crippen LogP contribution in [0.4, 0.5) is 0 Å². The Morgan fingerprint density at radius 1 is 1.43 bits per heavy atom. The molecule has 1 aliphatic heterocycles. The van der Waals surface area contributed by atoms with Crippen molar-refractivity contribution >= 4 is 5.91 Å². The third-order valence-corrected chi connectivity index (χ3v) is 3.84. The number of ether oxygens (including phenoxy) is 2. The van der Waals surface area contributed by atoms with E-state index in [1.54, 1.807) is 11.9 Å². The minimum absolute atomic E-state index is 0.106. The highest BCUT2D eigenvalue weighted by Crippen LogP contribution is 2.30. The fourth-order valence-corrected chi connectivity index (χ4v) is 2.36. The number of amides is 1. The standard InChI is InChI=1S/C16H24N2O3/c1-3-12(9-17)8-16(19)18(2)10-13-11-20-14-6-4-5-7-15(14)21-13/h4-7,12-13H,3,8-11,17H2,1-2H3. The number of carbonyl (C=O) groups excluding carboxylic acids is 1. The number of para-hydroxylation sites is 2. The molecule has 2 unspecified atom stereocenters. The number of benzene rings is 1. The Morgan fingerprint density at radius 2 is 2.14 bits per heavy atom. The first-order chi connectivity index (χ1) is 10.1. The topological polar surface area (TPSA) is 64.8 Å². The fourth-order valence-electron chi connectivity index (χ4n) is 2.36. The van der Waals surface area contributed by atoms with E-state index >= 15 is 0 Å². The summed E-state index contributed by atoms with van der Waals surface area (Å²) in [6.07, 6.45) is 1.28. The van der Waals surface area contributed by atoms with E-state index in [4.69, 9.17) is 15.2 Å². The molecule has 2 rings (SSSR count). The lowest BCUT2D eigenvalue weighted by Crippen LogP contribution is -2.42. The molecule has 1 aromatic carbocycles. The van der Waals surface area contributed by atoms with Gasteiger partial charge in [-0.25, -0.2) is 0 Å². The highest BCUT2D eigenvalue weighted by molar-refractivity contribution is 5.76. The van der Waals surface area contributed by atoms with Gasteiger partial charge in [-0.15, -0.1) is 0 Å². The molecule has 0 radical (unpaired) electrons. The quantitative estimate of drug-likeness (QED) is 0.866. The van der Waals surface area contributed by atoms with Crippen LogP contribution in [-0.2, 0) is 4.79 Å². The molecule has 0 aliphatic carbocycles. The monoisotopic (exact) mass is 292 g/mol. The summed E-state index contributed by atoms with van der Waals surface area (Å²) in [5.41, 5.74) is 5.65. The van der Waals surface area contributed by atoms with Crippen molar-refractivity contribution in [2.45, 2.75) is 25.9 Å². The van der Waals surface area contributed by atoms with Crippen LogP contribution in [-0.4, -0.2) is 43.7 Å². The van der Waals surface area contributed by atoms with Gasteiger partial charge in [-0.05, 0) is 24.6 Å². The molecule has 21 heavy (non-hydrogen) atoms. The van der Waals surface area contributed by atoms with Crippen LogP contribution in [0.3, 0.4) is 0 Å². The molecule has 1 heterocycles. The smallest absolute Gasteiger partial charge is 0.222 e. The van der Waals surface area contributed by atoms with Gasteiger partial charge in [-0.1, -0.05) is 25.5 Å². The van der Waals surface area contributed by atoms with E-state index in [2.05, 4.69) is 6.92 Å². The highest BCUT2D eigenvalue weighted by Gasteiger charge is 2.24. The van der Waals surface area contributed by atoms with Crippen molar-refractivity contribution in [2.75, 3.05) is 26.7 Å². The maximum Gasteiger partial charge on any atom is 0.222 e. The van der Waals surface area contributed by atoms with E-state index < -0.39 is 0 Å². The number of fused-ring (bicyclic) bond motifs is 1. The summed E-state index contributed by atoms with van der Waals surface area (Å²) in [5, 5.41) is 0. The molecular weight excluding hydrogens is 268 g/mol. The largest absolute Gasteiger partial charge is 0.486 e. The zero-order valence-electron chi connectivity index (χ0n) is 12.7. The summed E-state index contributed by atoms with van der Waals surface area (Å²) in [7, 11) is 1.80. The van der Waals surface area contributed by atoms with Crippen molar-refractivity contribution in [3.63, 3.8) is 0 Å². The Hall–Kier alpha value is -1.75. The van der Waals surface area contributed by atoms with Crippen LogP contribution in [0.5, 0.6) is 11.5 Å². The van der Waals surface area contributed by atoms with Crippen LogP contribution in [0.15, 0.2) is 24.3 Å². The van der Waals surface area contributed by atoms with Gasteiger partial charge in [0.15, 0.2) is 17.6 Å². The van der Waals surface area contributed by atoms with E-state index in [1.807, 2.05) is 24.3 Å². The second-order valence-electron chi connectivity index (χ2n) is 5.49. The van der Waals surface area contributed by atoms with Gasteiger partial charge in [-0.2, -0.15) is 0 Å². The van der Waals surface area contributed by atoms with Crippen molar-refractivity contribution in [1.29, 1.82) is 0 Å². The highest BCUT2D eigenvalue weighted by atomic mass is 16.6. The number of likely N-dealkylation sites (N-methyl/N-ethyl adjacent to an activating group) is 1. The normalized spacial score (nSPS) is 18.1. The molecule has 2 atom stereocenters. The number of rotatable bonds is 6. The van der Waals surface area contributed by atoms with Crippen LogP contribution >= 0.6 is 0 Å². The van der Waals surface area contributed by atoms with Crippen molar-refractivity contribution < 1.29 is 14.3 Å². The summed E-state index contributed by atoms with van der Waals surface area (Å²) in [5.74, 6) is 1.86. The van der Waals surface area contributed by atoms with Crippen molar-refractivity contribution in [1.82, 2.24) is 4.90 Å². The first-order valence-corrected chi connectivity index (χ1v) is 7.46. The van der Waals surface area contributed by atoms with Gasteiger partial charge in [0.25, 0.3) is 0 Å². The lowest BCUT2D eigenvalue weighted by Gasteiger charge is -2.30. The molecular formula is C16H24N2O3. The van der Waals surface area contributed by atoms with Crippen LogP contribution in [0.25, 0.3) is 0 Å². The van der Waals surface area contributed by atoms with E-state index in [1.165, 1.54) is 0 Å². The molecule has 0 spiro atoms. The average Bonchev–Trinajstić information content (AvgIpc) is 2.52. The number of carbonyl (C=O) groups is 1. The van der Waals surface area contributed by atoms with Gasteiger partial charge in [0.1, 0.15) is 6.61 Å². The van der Waals surface area contributed by atoms with Crippen molar-refractivity contribution in [3.8, 4) is 11.5 Å². The molecule has 1 aliphatic rings. The molecule has 5 heteroatoms. The van der Waals surface area contributed by atoms with Gasteiger partial charge in [0, 0.05) is 13.5 Å². The summed E-state index contributed by atoms with van der Waals surface area (Å²) in [4.78, 5) is 13.9. The minimum Gasteiger partial charge on any atom is -0.486 e. The fraction of sp³-hybridized carbons (Fsp3) is 0.562. The van der Waals surface area contributed by atoms with Crippen molar-refractivity contribution in [3.05, 3.63) is 24.3 Å². The SMILES string of the molecule is CCC(CN)CC(=O)N(C)CC1COc2ccccc2O1. The second-order valence-corrected chi connectivity index (χ2v) is 5.49. The van der Waals surface area contributed by atoms with E-state index in [-0.39, 0.29) is 17.9 Å². The maximum absolute atomic E-state index is 12.2. The molecule has 1 aromatic rings. The summed E-state index contributed by atoms with van der Waals surface area (Å²) >= 11 is 0. The first kappa shape index (κ1) is 15.6. The second kappa shape index (κ2) is 7.31. The average molecular weight is 292 g/mol. The Balaban J connectivity index is 1.86. The molecule has 0 aromatic heterocycles. The van der Waals surface area contributed by atoms with Gasteiger partial charge < -0.3 is 20.1 Å². The predicted molar refractivity (Wildman–Crippen MR) is 81.4 cm³/mol. The maximum atomic E-state index is 12.2. The van der Waals surface area contributed by atoms with Gasteiger partial charge in [0.05, 0.1) is 6.54 Å². The number of hydrogen-bond donors (Lipinski definition) is 1. The van der Waals surface area contributed by atoms with Gasteiger partial charge in [0.2, 0.25) is 5.91 Å². The Morgan fingerprint density at radius 3 is 2.81 bits per heavy atom. The molecule has 5 nitrogen and oxygen atoms in total. The van der Waals surface area contributed by atoms with Gasteiger partial charge in [-0.3, -0.25) is 4.79 Å². The third-order valence-electron chi connectivity index (χ3n) is 3.84. The summed E-state index contributed by atoms with van der Waals surface area (Å²) in [6, 6.07) is 7.58. The Labute approximate surface area is 126 Å². The molecule has 0 saturated carbocycles. The number of hydrogen-bond acceptors (Lipinski definition) is 4.